The van der Waals surface area contributed by atoms with Gasteiger partial charge in [-0.2, -0.15) is 0 Å². The van der Waals surface area contributed by atoms with Crippen molar-refractivity contribution in [2.24, 2.45) is 5.41 Å². The Balaban J connectivity index is 4.02. The predicted octanol–water partition coefficient (Wildman–Crippen LogP) is 1.96. The molecular weight excluding hydrogens is 178 g/mol. The molecule has 0 aliphatic heterocycles. The number of carbonyl (C=O) groups is 1. The quantitative estimate of drug-likeness (QED) is 0.668. The van der Waals surface area contributed by atoms with Crippen molar-refractivity contribution in [3.05, 3.63) is 0 Å². The number of hydrogen-bond acceptors (Lipinski definition) is 3. The van der Waals surface area contributed by atoms with Gasteiger partial charge in [-0.25, -0.2) is 0 Å². The van der Waals surface area contributed by atoms with Crippen LogP contribution in [0.4, 0.5) is 0 Å². The van der Waals surface area contributed by atoms with E-state index in [0.717, 1.165) is 19.3 Å². The van der Waals surface area contributed by atoms with Gasteiger partial charge in [0.15, 0.2) is 0 Å². The molecule has 84 valence electrons. The molecule has 0 aromatic carbocycles. The third-order valence-electron chi connectivity index (χ3n) is 2.90. The maximum absolute atomic E-state index is 11.3. The minimum Gasteiger partial charge on any atom is -0.468 e. The average molecular weight is 201 g/mol. The van der Waals surface area contributed by atoms with Crippen molar-refractivity contribution >= 4 is 5.97 Å². The van der Waals surface area contributed by atoms with Gasteiger partial charge in [0.2, 0.25) is 0 Å². The third-order valence-corrected chi connectivity index (χ3v) is 2.90. The molecule has 0 radical (unpaired) electrons. The molecule has 14 heavy (non-hydrogen) atoms. The number of esters is 1. The number of methoxy groups -OCH3 is 1. The van der Waals surface area contributed by atoms with E-state index >= 15 is 0 Å². The zero-order chi connectivity index (χ0) is 11.2. The van der Waals surface area contributed by atoms with Gasteiger partial charge in [-0.15, -0.1) is 0 Å². The molecule has 0 aromatic rings. The second kappa shape index (κ2) is 6.02. The lowest BCUT2D eigenvalue weighted by Gasteiger charge is -2.24. The van der Waals surface area contributed by atoms with E-state index in [2.05, 4.69) is 26.1 Å². The molecule has 1 atom stereocenters. The summed E-state index contributed by atoms with van der Waals surface area (Å²) in [5.74, 6) is -0.167. The van der Waals surface area contributed by atoms with Gasteiger partial charge < -0.3 is 10.1 Å². The smallest absolute Gasteiger partial charge is 0.322 e. The van der Waals surface area contributed by atoms with Crippen molar-refractivity contribution in [1.82, 2.24) is 5.32 Å². The number of hydrogen-bond donors (Lipinski definition) is 1. The van der Waals surface area contributed by atoms with Crippen LogP contribution in [0.15, 0.2) is 0 Å². The number of rotatable bonds is 6. The summed E-state index contributed by atoms with van der Waals surface area (Å²) >= 11 is 0. The minimum absolute atomic E-state index is 0.161. The van der Waals surface area contributed by atoms with E-state index in [0.29, 0.717) is 5.41 Å². The minimum atomic E-state index is -0.167. The monoisotopic (exact) mass is 201 g/mol. The fourth-order valence-electron chi connectivity index (χ4n) is 1.23. The Kier molecular flexibility index (Phi) is 5.77. The standard InChI is InChI=1S/C11H23NO2/c1-6-11(2,3)8-7-9(12-4)10(13)14-5/h9,12H,6-8H2,1-5H3/t9-/m0/s1. The van der Waals surface area contributed by atoms with Gasteiger partial charge in [-0.05, 0) is 25.3 Å². The first kappa shape index (κ1) is 13.4. The molecule has 1 N–H and O–H groups in total. The fourth-order valence-corrected chi connectivity index (χ4v) is 1.23. The largest absolute Gasteiger partial charge is 0.468 e. The normalized spacial score (nSPS) is 13.8. The SMILES string of the molecule is CCC(C)(C)CC[C@H](NC)C(=O)OC. The van der Waals surface area contributed by atoms with Crippen LogP contribution in [-0.4, -0.2) is 26.2 Å². The van der Waals surface area contributed by atoms with Crippen LogP contribution in [0, 0.1) is 5.41 Å². The highest BCUT2D eigenvalue weighted by Crippen LogP contribution is 2.26. The lowest BCUT2D eigenvalue weighted by molar-refractivity contribution is -0.143. The van der Waals surface area contributed by atoms with E-state index in [4.69, 9.17) is 4.74 Å². The average Bonchev–Trinajstić information content (AvgIpc) is 2.18. The van der Waals surface area contributed by atoms with Gasteiger partial charge in [0, 0.05) is 0 Å². The summed E-state index contributed by atoms with van der Waals surface area (Å²) in [7, 11) is 3.22. The summed E-state index contributed by atoms with van der Waals surface area (Å²) in [5, 5.41) is 2.97. The Hall–Kier alpha value is -0.570. The molecule has 0 saturated heterocycles. The van der Waals surface area contributed by atoms with Crippen LogP contribution in [0.1, 0.15) is 40.0 Å². The Morgan fingerprint density at radius 3 is 2.43 bits per heavy atom. The number of carbonyl (C=O) groups excluding carboxylic acids is 1. The van der Waals surface area contributed by atoms with Crippen molar-refractivity contribution in [1.29, 1.82) is 0 Å². The van der Waals surface area contributed by atoms with E-state index in [1.807, 2.05) is 0 Å². The number of likely N-dealkylation sites (N-methyl/N-ethyl adjacent to an activating group) is 1. The van der Waals surface area contributed by atoms with Crippen LogP contribution in [-0.2, 0) is 9.53 Å². The van der Waals surface area contributed by atoms with Crippen LogP contribution in [0.3, 0.4) is 0 Å². The van der Waals surface area contributed by atoms with Crippen LogP contribution in [0.5, 0.6) is 0 Å². The molecule has 0 aliphatic rings. The van der Waals surface area contributed by atoms with Crippen LogP contribution >= 0.6 is 0 Å². The second-order valence-corrected chi connectivity index (χ2v) is 4.42. The molecule has 0 spiro atoms. The van der Waals surface area contributed by atoms with Crippen LogP contribution in [0.25, 0.3) is 0 Å². The highest BCUT2D eigenvalue weighted by atomic mass is 16.5. The summed E-state index contributed by atoms with van der Waals surface area (Å²) < 4.78 is 4.70. The van der Waals surface area contributed by atoms with Gasteiger partial charge in [-0.1, -0.05) is 27.2 Å². The third kappa shape index (κ3) is 4.61. The highest BCUT2D eigenvalue weighted by Gasteiger charge is 2.21. The Morgan fingerprint density at radius 2 is 2.07 bits per heavy atom. The van der Waals surface area contributed by atoms with Crippen molar-refractivity contribution in [3.8, 4) is 0 Å². The van der Waals surface area contributed by atoms with E-state index in [1.165, 1.54) is 7.11 Å². The van der Waals surface area contributed by atoms with Gasteiger partial charge >= 0.3 is 5.97 Å². The lowest BCUT2D eigenvalue weighted by atomic mass is 9.84. The Morgan fingerprint density at radius 1 is 1.50 bits per heavy atom. The predicted molar refractivity (Wildman–Crippen MR) is 58.2 cm³/mol. The summed E-state index contributed by atoms with van der Waals surface area (Å²) in [4.78, 5) is 11.3. The van der Waals surface area contributed by atoms with E-state index in [9.17, 15) is 4.79 Å². The molecule has 0 unspecified atom stereocenters. The second-order valence-electron chi connectivity index (χ2n) is 4.42. The molecular formula is C11H23NO2. The maximum atomic E-state index is 11.3. The van der Waals surface area contributed by atoms with Gasteiger partial charge in [0.1, 0.15) is 6.04 Å². The van der Waals surface area contributed by atoms with E-state index in [-0.39, 0.29) is 12.0 Å². The summed E-state index contributed by atoms with van der Waals surface area (Å²) in [6.45, 7) is 6.61. The topological polar surface area (TPSA) is 38.3 Å². The van der Waals surface area contributed by atoms with Crippen molar-refractivity contribution in [2.75, 3.05) is 14.2 Å². The van der Waals surface area contributed by atoms with Gasteiger partial charge in [0.25, 0.3) is 0 Å². The zero-order valence-electron chi connectivity index (χ0n) is 10.0. The highest BCUT2D eigenvalue weighted by molar-refractivity contribution is 5.75. The van der Waals surface area contributed by atoms with Crippen molar-refractivity contribution < 1.29 is 9.53 Å². The summed E-state index contributed by atoms with van der Waals surface area (Å²) in [6, 6.07) is -0.161. The van der Waals surface area contributed by atoms with Crippen LogP contribution in [0.2, 0.25) is 0 Å². The number of ether oxygens (including phenoxy) is 1. The molecule has 0 fully saturated rings. The number of nitrogens with one attached hydrogen (secondary N) is 1. The molecule has 0 saturated carbocycles. The summed E-state index contributed by atoms with van der Waals surface area (Å²) in [5.41, 5.74) is 0.309. The summed E-state index contributed by atoms with van der Waals surface area (Å²) in [6.07, 6.45) is 3.00. The Bertz CT molecular complexity index is 178. The van der Waals surface area contributed by atoms with E-state index < -0.39 is 0 Å². The molecule has 3 nitrogen and oxygen atoms in total. The molecule has 0 rings (SSSR count). The molecule has 0 bridgehead atoms. The van der Waals surface area contributed by atoms with Gasteiger partial charge in [0.05, 0.1) is 7.11 Å². The van der Waals surface area contributed by atoms with Crippen molar-refractivity contribution in [3.63, 3.8) is 0 Å². The molecule has 0 heterocycles. The zero-order valence-corrected chi connectivity index (χ0v) is 10.0. The van der Waals surface area contributed by atoms with Gasteiger partial charge in [-0.3, -0.25) is 4.79 Å². The Labute approximate surface area is 87.2 Å². The van der Waals surface area contributed by atoms with Crippen molar-refractivity contribution in [2.45, 2.75) is 46.1 Å². The maximum Gasteiger partial charge on any atom is 0.322 e. The van der Waals surface area contributed by atoms with Crippen LogP contribution < -0.4 is 5.32 Å². The van der Waals surface area contributed by atoms with E-state index in [1.54, 1.807) is 7.05 Å². The molecule has 0 aromatic heterocycles. The first-order valence-electron chi connectivity index (χ1n) is 5.22. The lowest BCUT2D eigenvalue weighted by Crippen LogP contribution is -2.35. The molecule has 0 aliphatic carbocycles. The fraction of sp³-hybridized carbons (Fsp3) is 0.909. The first-order chi connectivity index (χ1) is 6.46. The first-order valence-corrected chi connectivity index (χ1v) is 5.22. The molecule has 0 amide bonds. The molecule has 3 heteroatoms.